The largest absolute Gasteiger partial charge is 0.508 e. The van der Waals surface area contributed by atoms with Crippen LogP contribution in [0.4, 0.5) is 0 Å². The van der Waals surface area contributed by atoms with E-state index in [4.69, 9.17) is 0 Å². The van der Waals surface area contributed by atoms with Crippen molar-refractivity contribution in [2.45, 2.75) is 24.7 Å². The van der Waals surface area contributed by atoms with Crippen LogP contribution in [0.25, 0.3) is 0 Å². The molecule has 18 heavy (non-hydrogen) atoms. The molecule has 2 aromatic rings. The van der Waals surface area contributed by atoms with Crippen LogP contribution in [0.15, 0.2) is 36.4 Å². The van der Waals surface area contributed by atoms with Crippen molar-refractivity contribution in [2.24, 2.45) is 0 Å². The molecule has 3 aliphatic rings. The highest BCUT2D eigenvalue weighted by molar-refractivity contribution is 5.57. The maximum atomic E-state index is 9.67. The molecule has 0 amide bonds. The van der Waals surface area contributed by atoms with Crippen molar-refractivity contribution in [3.05, 3.63) is 58.7 Å². The predicted molar refractivity (Wildman–Crippen MR) is 69.1 cm³/mol. The molecule has 2 N–H and O–H groups in total. The zero-order valence-corrected chi connectivity index (χ0v) is 9.93. The van der Waals surface area contributed by atoms with Crippen LogP contribution in [-0.2, 0) is 0 Å². The smallest absolute Gasteiger partial charge is 0.115 e. The average Bonchev–Trinajstić information content (AvgIpc) is 2.38. The lowest BCUT2D eigenvalue weighted by Gasteiger charge is -2.40. The molecule has 90 valence electrons. The third-order valence-electron chi connectivity index (χ3n) is 4.39. The summed E-state index contributed by atoms with van der Waals surface area (Å²) in [6.07, 6.45) is 2.28. The fourth-order valence-electron chi connectivity index (χ4n) is 3.65. The highest BCUT2D eigenvalue weighted by Crippen LogP contribution is 2.53. The van der Waals surface area contributed by atoms with Crippen molar-refractivity contribution >= 4 is 0 Å². The minimum absolute atomic E-state index is 0.349. The topological polar surface area (TPSA) is 40.5 Å². The van der Waals surface area contributed by atoms with E-state index in [1.54, 1.807) is 12.1 Å². The van der Waals surface area contributed by atoms with Gasteiger partial charge in [0.25, 0.3) is 0 Å². The first-order valence-electron chi connectivity index (χ1n) is 6.39. The molecule has 2 atom stereocenters. The molecule has 2 heteroatoms. The van der Waals surface area contributed by atoms with Gasteiger partial charge in [0.15, 0.2) is 0 Å². The summed E-state index contributed by atoms with van der Waals surface area (Å²) in [6, 6.07) is 11.4. The maximum Gasteiger partial charge on any atom is 0.115 e. The van der Waals surface area contributed by atoms with Gasteiger partial charge < -0.3 is 10.2 Å². The number of phenolic OH excluding ortho intramolecular Hbond substituents is 2. The summed E-state index contributed by atoms with van der Waals surface area (Å²) in [6.45, 7) is 0. The molecule has 2 aromatic carbocycles. The zero-order valence-electron chi connectivity index (χ0n) is 9.93. The van der Waals surface area contributed by atoms with E-state index in [2.05, 4.69) is 0 Å². The number of hydrogen-bond acceptors (Lipinski definition) is 2. The second kappa shape index (κ2) is 3.29. The van der Waals surface area contributed by atoms with Crippen LogP contribution in [0, 0.1) is 0 Å². The van der Waals surface area contributed by atoms with Crippen molar-refractivity contribution in [3.8, 4) is 11.5 Å². The Hall–Kier alpha value is -1.96. The van der Waals surface area contributed by atoms with E-state index < -0.39 is 0 Å². The van der Waals surface area contributed by atoms with Gasteiger partial charge in [-0.25, -0.2) is 0 Å². The average molecular weight is 238 g/mol. The SMILES string of the molecule is Oc1ccc2c(c1)C1CCC2c2cc(O)ccc21. The molecule has 0 aliphatic heterocycles. The molecule has 2 unspecified atom stereocenters. The van der Waals surface area contributed by atoms with Gasteiger partial charge in [0.05, 0.1) is 0 Å². The van der Waals surface area contributed by atoms with Crippen molar-refractivity contribution < 1.29 is 10.2 Å². The summed E-state index contributed by atoms with van der Waals surface area (Å²) in [4.78, 5) is 0. The monoisotopic (exact) mass is 238 g/mol. The molecule has 0 spiro atoms. The molecule has 0 saturated carbocycles. The number of phenols is 2. The van der Waals surface area contributed by atoms with E-state index in [1.807, 2.05) is 24.3 Å². The van der Waals surface area contributed by atoms with Gasteiger partial charge in [0.2, 0.25) is 0 Å². The van der Waals surface area contributed by atoms with Crippen molar-refractivity contribution in [1.29, 1.82) is 0 Å². The number of fused-ring (bicyclic) bond motifs is 1. The Morgan fingerprint density at radius 2 is 1.11 bits per heavy atom. The predicted octanol–water partition coefficient (Wildman–Crippen LogP) is 3.47. The molecular formula is C16H14O2. The van der Waals surface area contributed by atoms with Gasteiger partial charge in [-0.15, -0.1) is 0 Å². The van der Waals surface area contributed by atoms with Crippen LogP contribution in [0.1, 0.15) is 46.9 Å². The van der Waals surface area contributed by atoms with Gasteiger partial charge >= 0.3 is 0 Å². The first kappa shape index (κ1) is 10.0. The lowest BCUT2D eigenvalue weighted by Crippen LogP contribution is -2.24. The van der Waals surface area contributed by atoms with Gasteiger partial charge in [-0.1, -0.05) is 12.1 Å². The third-order valence-corrected chi connectivity index (χ3v) is 4.39. The molecule has 0 saturated heterocycles. The van der Waals surface area contributed by atoms with Crippen LogP contribution in [-0.4, -0.2) is 10.2 Å². The van der Waals surface area contributed by atoms with E-state index in [-0.39, 0.29) is 0 Å². The maximum absolute atomic E-state index is 9.67. The Labute approximate surface area is 106 Å². The molecule has 2 bridgehead atoms. The standard InChI is InChI=1S/C16H14O2/c17-9-1-3-11-13-5-6-14(15(11)7-9)12-4-2-10(18)8-16(12)13/h1-4,7-8,13-14,17-18H,5-6H2. The molecular weight excluding hydrogens is 224 g/mol. The van der Waals surface area contributed by atoms with Crippen LogP contribution in [0.3, 0.4) is 0 Å². The molecule has 0 radical (unpaired) electrons. The van der Waals surface area contributed by atoms with Crippen LogP contribution >= 0.6 is 0 Å². The Balaban J connectivity index is 1.99. The van der Waals surface area contributed by atoms with E-state index in [0.717, 1.165) is 12.8 Å². The molecule has 0 fully saturated rings. The summed E-state index contributed by atoms with van der Waals surface area (Å²) < 4.78 is 0. The number of aromatic hydroxyl groups is 2. The first-order valence-corrected chi connectivity index (χ1v) is 6.39. The minimum atomic E-state index is 0.349. The Kier molecular flexibility index (Phi) is 1.83. The summed E-state index contributed by atoms with van der Waals surface area (Å²) in [5, 5.41) is 19.3. The normalized spacial score (nSPS) is 23.6. The zero-order chi connectivity index (χ0) is 12.3. The molecule has 0 heterocycles. The van der Waals surface area contributed by atoms with Crippen LogP contribution < -0.4 is 0 Å². The molecule has 0 aromatic heterocycles. The molecule has 5 rings (SSSR count). The number of hydrogen-bond donors (Lipinski definition) is 2. The van der Waals surface area contributed by atoms with Gasteiger partial charge in [-0.2, -0.15) is 0 Å². The highest BCUT2D eigenvalue weighted by Gasteiger charge is 2.37. The fraction of sp³-hybridized carbons (Fsp3) is 0.250. The quantitative estimate of drug-likeness (QED) is 0.737. The number of rotatable bonds is 0. The van der Waals surface area contributed by atoms with E-state index in [0.29, 0.717) is 23.3 Å². The third kappa shape index (κ3) is 1.18. The van der Waals surface area contributed by atoms with Crippen LogP contribution in [0.2, 0.25) is 0 Å². The second-order valence-corrected chi connectivity index (χ2v) is 5.31. The van der Waals surface area contributed by atoms with Crippen LogP contribution in [0.5, 0.6) is 11.5 Å². The fourth-order valence-corrected chi connectivity index (χ4v) is 3.65. The van der Waals surface area contributed by atoms with E-state index in [1.165, 1.54) is 22.3 Å². The highest BCUT2D eigenvalue weighted by atomic mass is 16.3. The van der Waals surface area contributed by atoms with Gasteiger partial charge in [0, 0.05) is 11.8 Å². The van der Waals surface area contributed by atoms with Crippen molar-refractivity contribution in [3.63, 3.8) is 0 Å². The van der Waals surface area contributed by atoms with Gasteiger partial charge in [-0.05, 0) is 59.4 Å². The lowest BCUT2D eigenvalue weighted by atomic mass is 9.64. The Morgan fingerprint density at radius 3 is 1.56 bits per heavy atom. The van der Waals surface area contributed by atoms with Gasteiger partial charge in [-0.3, -0.25) is 0 Å². The molecule has 3 aliphatic carbocycles. The Morgan fingerprint density at radius 1 is 0.667 bits per heavy atom. The van der Waals surface area contributed by atoms with Gasteiger partial charge in [0.1, 0.15) is 11.5 Å². The first-order chi connectivity index (χ1) is 8.74. The van der Waals surface area contributed by atoms with E-state index in [9.17, 15) is 10.2 Å². The number of benzene rings is 2. The van der Waals surface area contributed by atoms with Crippen molar-refractivity contribution in [1.82, 2.24) is 0 Å². The van der Waals surface area contributed by atoms with Crippen molar-refractivity contribution in [2.75, 3.05) is 0 Å². The summed E-state index contributed by atoms with van der Waals surface area (Å²) in [7, 11) is 0. The summed E-state index contributed by atoms with van der Waals surface area (Å²) >= 11 is 0. The minimum Gasteiger partial charge on any atom is -0.508 e. The summed E-state index contributed by atoms with van der Waals surface area (Å²) in [5.74, 6) is 1.46. The summed E-state index contributed by atoms with van der Waals surface area (Å²) in [5.41, 5.74) is 5.18. The van der Waals surface area contributed by atoms with E-state index >= 15 is 0 Å². The second-order valence-electron chi connectivity index (χ2n) is 5.31. The lowest BCUT2D eigenvalue weighted by molar-refractivity contribution is 0.460. The Bertz CT molecular complexity index is 588. The molecule has 2 nitrogen and oxygen atoms in total.